The third kappa shape index (κ3) is 3.39. The van der Waals surface area contributed by atoms with Crippen LogP contribution in [0.25, 0.3) is 11.4 Å². The molecule has 2 N–H and O–H groups in total. The second-order valence-corrected chi connectivity index (χ2v) is 5.88. The summed E-state index contributed by atoms with van der Waals surface area (Å²) in [5, 5.41) is 0.541. The molecular weight excluding hydrogens is 328 g/mol. The van der Waals surface area contributed by atoms with Gasteiger partial charge in [0.2, 0.25) is 5.91 Å². The van der Waals surface area contributed by atoms with E-state index in [9.17, 15) is 4.79 Å². The monoisotopic (exact) mass is 344 g/mol. The number of anilines is 1. The molecule has 1 aromatic heterocycles. The molecule has 3 rings (SSSR count). The summed E-state index contributed by atoms with van der Waals surface area (Å²) in [7, 11) is 0. The van der Waals surface area contributed by atoms with E-state index in [1.807, 2.05) is 12.1 Å². The van der Waals surface area contributed by atoms with E-state index in [1.54, 1.807) is 23.4 Å². The maximum absolute atomic E-state index is 12.1. The number of nitrogen functional groups attached to an aromatic ring is 1. The highest BCUT2D eigenvalue weighted by atomic mass is 35.5. The number of ether oxygens (including phenoxy) is 1. The number of nitrogens with zero attached hydrogens (tertiary/aromatic N) is 3. The van der Waals surface area contributed by atoms with Crippen molar-refractivity contribution in [3.8, 4) is 11.4 Å². The van der Waals surface area contributed by atoms with Crippen molar-refractivity contribution in [2.24, 2.45) is 0 Å². The van der Waals surface area contributed by atoms with Crippen LogP contribution in [-0.4, -0.2) is 40.5 Å². The number of benzene rings is 1. The molecule has 0 unspecified atom stereocenters. The molecule has 7 heteroatoms. The van der Waals surface area contributed by atoms with E-state index in [1.165, 1.54) is 6.08 Å². The van der Waals surface area contributed by atoms with Crippen LogP contribution >= 0.6 is 11.6 Å². The lowest BCUT2D eigenvalue weighted by Gasteiger charge is -2.35. The Labute approximate surface area is 144 Å². The number of aromatic nitrogens is 2. The molecule has 0 aliphatic carbocycles. The summed E-state index contributed by atoms with van der Waals surface area (Å²) < 4.78 is 5.54. The lowest BCUT2D eigenvalue weighted by atomic mass is 10.0. The number of amides is 1. The molecule has 1 saturated heterocycles. The summed E-state index contributed by atoms with van der Waals surface area (Å²) in [5.41, 5.74) is 7.74. The number of halogens is 1. The molecule has 0 saturated carbocycles. The summed E-state index contributed by atoms with van der Waals surface area (Å²) in [5.74, 6) is 0.389. The Hall–Kier alpha value is -2.44. The Bertz CT molecular complexity index is 764. The van der Waals surface area contributed by atoms with Gasteiger partial charge in [0.1, 0.15) is 0 Å². The van der Waals surface area contributed by atoms with Crippen LogP contribution in [0.15, 0.2) is 43.2 Å². The first-order valence-corrected chi connectivity index (χ1v) is 7.85. The van der Waals surface area contributed by atoms with Crippen molar-refractivity contribution >= 4 is 23.2 Å². The van der Waals surface area contributed by atoms with Crippen LogP contribution in [0.5, 0.6) is 0 Å². The number of rotatable bonds is 3. The van der Waals surface area contributed by atoms with Gasteiger partial charge < -0.3 is 15.4 Å². The molecular formula is C17H17ClN4O2. The molecule has 1 amide bonds. The topological polar surface area (TPSA) is 81.3 Å². The van der Waals surface area contributed by atoms with Crippen LogP contribution in [0.3, 0.4) is 0 Å². The molecule has 2 heterocycles. The quantitative estimate of drug-likeness (QED) is 0.865. The summed E-state index contributed by atoms with van der Waals surface area (Å²) in [6, 6.07) is 5.29. The summed E-state index contributed by atoms with van der Waals surface area (Å²) in [6.45, 7) is 4.98. The lowest BCUT2D eigenvalue weighted by Crippen LogP contribution is -2.42. The molecule has 0 bridgehead atoms. The lowest BCUT2D eigenvalue weighted by molar-refractivity contribution is -0.134. The normalized spacial score (nSPS) is 17.5. The Morgan fingerprint density at radius 1 is 1.38 bits per heavy atom. The van der Waals surface area contributed by atoms with Crippen LogP contribution in [0.2, 0.25) is 5.02 Å². The van der Waals surface area contributed by atoms with Crippen molar-refractivity contribution in [3.63, 3.8) is 0 Å². The van der Waals surface area contributed by atoms with E-state index in [0.717, 1.165) is 11.1 Å². The molecule has 1 atom stereocenters. The predicted molar refractivity (Wildman–Crippen MR) is 92.4 cm³/mol. The third-order valence-corrected chi connectivity index (χ3v) is 4.04. The number of nitrogens with two attached hydrogens (primary N) is 1. The standard InChI is InChI=1S/C17H17ClN4O2/c1-2-16(23)22-3-4-24-10-15(22)11-5-12(7-13(18)6-11)17-20-8-14(19)9-21-17/h2,5-9,15H,1,3-4,10,19H2/t15-/m0/s1. The first-order chi connectivity index (χ1) is 11.6. The summed E-state index contributed by atoms with van der Waals surface area (Å²) in [6.07, 6.45) is 4.40. The Kier molecular flexibility index (Phi) is 4.78. The smallest absolute Gasteiger partial charge is 0.246 e. The van der Waals surface area contributed by atoms with Crippen LogP contribution < -0.4 is 5.73 Å². The van der Waals surface area contributed by atoms with Crippen LogP contribution in [0.4, 0.5) is 5.69 Å². The second-order valence-electron chi connectivity index (χ2n) is 5.44. The average molecular weight is 345 g/mol. The van der Waals surface area contributed by atoms with Crippen molar-refractivity contribution in [1.29, 1.82) is 0 Å². The Balaban J connectivity index is 1.99. The van der Waals surface area contributed by atoms with Gasteiger partial charge in [-0.05, 0) is 29.8 Å². The molecule has 0 spiro atoms. The second kappa shape index (κ2) is 6.98. The third-order valence-electron chi connectivity index (χ3n) is 3.82. The molecule has 6 nitrogen and oxygen atoms in total. The Morgan fingerprint density at radius 3 is 2.83 bits per heavy atom. The van der Waals surface area contributed by atoms with Gasteiger partial charge in [0, 0.05) is 17.1 Å². The first-order valence-electron chi connectivity index (χ1n) is 7.47. The van der Waals surface area contributed by atoms with Crippen LogP contribution in [-0.2, 0) is 9.53 Å². The minimum Gasteiger partial charge on any atom is -0.396 e. The highest BCUT2D eigenvalue weighted by molar-refractivity contribution is 6.31. The number of carbonyl (C=O) groups excluding carboxylic acids is 1. The average Bonchev–Trinajstić information content (AvgIpc) is 2.61. The van der Waals surface area contributed by atoms with Crippen molar-refractivity contribution < 1.29 is 9.53 Å². The van der Waals surface area contributed by atoms with Gasteiger partial charge in [0.15, 0.2) is 5.82 Å². The van der Waals surface area contributed by atoms with Crippen molar-refractivity contribution in [1.82, 2.24) is 14.9 Å². The van der Waals surface area contributed by atoms with Gasteiger partial charge in [-0.25, -0.2) is 9.97 Å². The predicted octanol–water partition coefficient (Wildman–Crippen LogP) is 2.47. The zero-order valence-electron chi connectivity index (χ0n) is 13.0. The fourth-order valence-electron chi connectivity index (χ4n) is 2.68. The molecule has 1 aromatic carbocycles. The van der Waals surface area contributed by atoms with Gasteiger partial charge in [-0.3, -0.25) is 4.79 Å². The van der Waals surface area contributed by atoms with E-state index in [4.69, 9.17) is 22.1 Å². The minimum absolute atomic E-state index is 0.131. The molecule has 0 radical (unpaired) electrons. The number of hydrogen-bond acceptors (Lipinski definition) is 5. The zero-order valence-corrected chi connectivity index (χ0v) is 13.7. The highest BCUT2D eigenvalue weighted by Gasteiger charge is 2.28. The fraction of sp³-hybridized carbons (Fsp3) is 0.235. The van der Waals surface area contributed by atoms with Gasteiger partial charge in [-0.2, -0.15) is 0 Å². The molecule has 124 valence electrons. The maximum atomic E-state index is 12.1. The van der Waals surface area contributed by atoms with Gasteiger partial charge in [0.25, 0.3) is 0 Å². The fourth-order valence-corrected chi connectivity index (χ4v) is 2.93. The molecule has 2 aromatic rings. The zero-order chi connectivity index (χ0) is 17.1. The van der Waals surface area contributed by atoms with E-state index in [0.29, 0.717) is 36.3 Å². The molecule has 1 fully saturated rings. The van der Waals surface area contributed by atoms with Gasteiger partial charge in [0.05, 0.1) is 37.3 Å². The van der Waals surface area contributed by atoms with Gasteiger partial charge in [-0.15, -0.1) is 0 Å². The van der Waals surface area contributed by atoms with E-state index < -0.39 is 0 Å². The van der Waals surface area contributed by atoms with Crippen molar-refractivity contribution in [2.45, 2.75) is 6.04 Å². The van der Waals surface area contributed by atoms with E-state index in [-0.39, 0.29) is 11.9 Å². The SMILES string of the molecule is C=CC(=O)N1CCOC[C@H]1c1cc(Cl)cc(-c2ncc(N)cn2)c1. The van der Waals surface area contributed by atoms with E-state index >= 15 is 0 Å². The number of carbonyl (C=O) groups is 1. The molecule has 1 aliphatic rings. The minimum atomic E-state index is -0.226. The summed E-state index contributed by atoms with van der Waals surface area (Å²) >= 11 is 6.27. The number of morpholine rings is 1. The number of hydrogen-bond donors (Lipinski definition) is 1. The van der Waals surface area contributed by atoms with Crippen LogP contribution in [0.1, 0.15) is 11.6 Å². The largest absolute Gasteiger partial charge is 0.396 e. The van der Waals surface area contributed by atoms with Crippen molar-refractivity contribution in [3.05, 3.63) is 53.8 Å². The maximum Gasteiger partial charge on any atom is 0.246 e. The van der Waals surface area contributed by atoms with Crippen molar-refractivity contribution in [2.75, 3.05) is 25.5 Å². The Morgan fingerprint density at radius 2 is 2.12 bits per heavy atom. The molecule has 24 heavy (non-hydrogen) atoms. The van der Waals surface area contributed by atoms with Crippen LogP contribution in [0, 0.1) is 0 Å². The van der Waals surface area contributed by atoms with Gasteiger partial charge in [-0.1, -0.05) is 18.2 Å². The highest BCUT2D eigenvalue weighted by Crippen LogP contribution is 2.30. The first kappa shape index (κ1) is 16.4. The summed E-state index contributed by atoms with van der Waals surface area (Å²) in [4.78, 5) is 22.3. The molecule has 1 aliphatic heterocycles. The van der Waals surface area contributed by atoms with E-state index in [2.05, 4.69) is 16.5 Å². The van der Waals surface area contributed by atoms with Gasteiger partial charge >= 0.3 is 0 Å².